The zero-order valence-corrected chi connectivity index (χ0v) is 17.1. The number of carbonyl (C=O) groups excluding carboxylic acids is 1. The number of carbonyl (C=O) groups is 1. The van der Waals surface area contributed by atoms with E-state index in [1.165, 1.54) is 6.20 Å². The van der Waals surface area contributed by atoms with E-state index < -0.39 is 0 Å². The van der Waals surface area contributed by atoms with Crippen LogP contribution in [0.3, 0.4) is 0 Å². The van der Waals surface area contributed by atoms with Gasteiger partial charge in [-0.25, -0.2) is 9.97 Å². The summed E-state index contributed by atoms with van der Waals surface area (Å²) < 4.78 is 11.5. The summed E-state index contributed by atoms with van der Waals surface area (Å²) in [7, 11) is 0. The van der Waals surface area contributed by atoms with Crippen molar-refractivity contribution in [3.63, 3.8) is 0 Å². The Bertz CT molecular complexity index is 1180. The van der Waals surface area contributed by atoms with E-state index in [1.807, 2.05) is 54.6 Å². The Labute approximate surface area is 180 Å². The van der Waals surface area contributed by atoms with E-state index >= 15 is 0 Å². The highest BCUT2D eigenvalue weighted by molar-refractivity contribution is 5.93. The molecule has 0 aliphatic heterocycles. The van der Waals surface area contributed by atoms with Crippen LogP contribution in [-0.2, 0) is 6.54 Å². The van der Waals surface area contributed by atoms with Gasteiger partial charge in [0.2, 0.25) is 5.88 Å². The molecule has 0 bridgehead atoms. The average Bonchev–Trinajstić information content (AvgIpc) is 2.82. The fourth-order valence-electron chi connectivity index (χ4n) is 2.92. The molecule has 7 heteroatoms. The van der Waals surface area contributed by atoms with Gasteiger partial charge in [0, 0.05) is 18.3 Å². The predicted molar refractivity (Wildman–Crippen MR) is 117 cm³/mol. The van der Waals surface area contributed by atoms with Gasteiger partial charge in [0.1, 0.15) is 17.2 Å². The molecule has 1 N–H and O–H groups in total. The van der Waals surface area contributed by atoms with Gasteiger partial charge in [-0.3, -0.25) is 9.78 Å². The highest BCUT2D eigenvalue weighted by Crippen LogP contribution is 2.25. The van der Waals surface area contributed by atoms with Crippen molar-refractivity contribution in [2.75, 3.05) is 6.61 Å². The maximum atomic E-state index is 12.6. The second-order valence-electron chi connectivity index (χ2n) is 6.82. The third-order valence-corrected chi connectivity index (χ3v) is 4.48. The molecular weight excluding hydrogens is 392 g/mol. The maximum Gasteiger partial charge on any atom is 0.271 e. The summed E-state index contributed by atoms with van der Waals surface area (Å²) in [6, 6.07) is 18.4. The molecule has 0 unspecified atom stereocenters. The number of fused-ring (bicyclic) bond motifs is 1. The van der Waals surface area contributed by atoms with Crippen molar-refractivity contribution in [1.82, 2.24) is 20.3 Å². The van der Waals surface area contributed by atoms with Crippen LogP contribution in [0, 0.1) is 0 Å². The molecule has 0 radical (unpaired) electrons. The van der Waals surface area contributed by atoms with Crippen LogP contribution in [0.4, 0.5) is 0 Å². The standard InChI is InChI=1S/C24H22N4O3/c1-2-14-30-18-9-11-19(12-10-18)31-24-17(6-5-13-25-24)15-27-23(29)22-16-26-20-7-3-4-8-21(20)28-22/h3-13,16H,2,14-15H2,1H3,(H,27,29). The first kappa shape index (κ1) is 20.3. The number of para-hydroxylation sites is 2. The number of benzene rings is 2. The highest BCUT2D eigenvalue weighted by atomic mass is 16.5. The molecule has 2 aromatic heterocycles. The van der Waals surface area contributed by atoms with Gasteiger partial charge in [-0.2, -0.15) is 0 Å². The largest absolute Gasteiger partial charge is 0.494 e. The molecule has 2 heterocycles. The van der Waals surface area contributed by atoms with E-state index in [2.05, 4.69) is 27.2 Å². The van der Waals surface area contributed by atoms with Crippen molar-refractivity contribution >= 4 is 16.9 Å². The number of amides is 1. The highest BCUT2D eigenvalue weighted by Gasteiger charge is 2.12. The number of hydrogen-bond acceptors (Lipinski definition) is 6. The summed E-state index contributed by atoms with van der Waals surface area (Å²) in [5, 5.41) is 2.86. The molecule has 31 heavy (non-hydrogen) atoms. The number of rotatable bonds is 8. The van der Waals surface area contributed by atoms with Crippen molar-refractivity contribution in [1.29, 1.82) is 0 Å². The van der Waals surface area contributed by atoms with Gasteiger partial charge >= 0.3 is 0 Å². The second kappa shape index (κ2) is 9.67. The quantitative estimate of drug-likeness (QED) is 0.456. The zero-order valence-electron chi connectivity index (χ0n) is 17.1. The van der Waals surface area contributed by atoms with Crippen LogP contribution in [0.15, 0.2) is 73.1 Å². The first-order chi connectivity index (χ1) is 15.2. The van der Waals surface area contributed by atoms with E-state index in [1.54, 1.807) is 12.3 Å². The number of ether oxygens (including phenoxy) is 2. The van der Waals surface area contributed by atoms with Gasteiger partial charge in [0.05, 0.1) is 23.8 Å². The summed E-state index contributed by atoms with van der Waals surface area (Å²) in [4.78, 5) is 25.5. The third kappa shape index (κ3) is 5.14. The summed E-state index contributed by atoms with van der Waals surface area (Å²) >= 11 is 0. The smallest absolute Gasteiger partial charge is 0.271 e. The van der Waals surface area contributed by atoms with Gasteiger partial charge in [-0.1, -0.05) is 25.1 Å². The van der Waals surface area contributed by atoms with Gasteiger partial charge in [-0.05, 0) is 48.9 Å². The fourth-order valence-corrected chi connectivity index (χ4v) is 2.92. The monoisotopic (exact) mass is 414 g/mol. The Morgan fingerprint density at radius 1 is 0.935 bits per heavy atom. The Morgan fingerprint density at radius 3 is 2.52 bits per heavy atom. The van der Waals surface area contributed by atoms with Crippen molar-refractivity contribution in [3.05, 3.63) is 84.3 Å². The molecule has 0 atom stereocenters. The molecule has 0 spiro atoms. The molecule has 0 fully saturated rings. The minimum absolute atomic E-state index is 0.244. The number of hydrogen-bond donors (Lipinski definition) is 1. The Morgan fingerprint density at radius 2 is 1.71 bits per heavy atom. The van der Waals surface area contributed by atoms with Crippen LogP contribution in [-0.4, -0.2) is 27.5 Å². The third-order valence-electron chi connectivity index (χ3n) is 4.48. The van der Waals surface area contributed by atoms with Gasteiger partial charge in [-0.15, -0.1) is 0 Å². The van der Waals surface area contributed by atoms with Crippen molar-refractivity contribution in [2.45, 2.75) is 19.9 Å². The first-order valence-electron chi connectivity index (χ1n) is 10.1. The van der Waals surface area contributed by atoms with Crippen LogP contribution in [0.25, 0.3) is 11.0 Å². The Kier molecular flexibility index (Phi) is 6.32. The van der Waals surface area contributed by atoms with Crippen LogP contribution in [0.2, 0.25) is 0 Å². The van der Waals surface area contributed by atoms with Gasteiger partial charge in [0.25, 0.3) is 5.91 Å². The van der Waals surface area contributed by atoms with Crippen molar-refractivity contribution in [3.8, 4) is 17.4 Å². The van der Waals surface area contributed by atoms with E-state index in [0.717, 1.165) is 23.3 Å². The van der Waals surface area contributed by atoms with Crippen LogP contribution >= 0.6 is 0 Å². The molecule has 7 nitrogen and oxygen atoms in total. The SMILES string of the molecule is CCCOc1ccc(Oc2ncccc2CNC(=O)c2cnc3ccccc3n2)cc1. The molecule has 4 aromatic rings. The average molecular weight is 414 g/mol. The number of aromatic nitrogens is 3. The first-order valence-corrected chi connectivity index (χ1v) is 10.1. The number of nitrogens with zero attached hydrogens (tertiary/aromatic N) is 3. The second-order valence-corrected chi connectivity index (χ2v) is 6.82. The number of pyridine rings is 1. The fraction of sp³-hybridized carbons (Fsp3) is 0.167. The van der Waals surface area contributed by atoms with Gasteiger partial charge < -0.3 is 14.8 Å². The van der Waals surface area contributed by atoms with E-state index in [-0.39, 0.29) is 18.1 Å². The van der Waals surface area contributed by atoms with E-state index in [4.69, 9.17) is 9.47 Å². The molecule has 0 aliphatic carbocycles. The summed E-state index contributed by atoms with van der Waals surface area (Å²) in [6.07, 6.45) is 4.07. The van der Waals surface area contributed by atoms with Crippen molar-refractivity contribution in [2.24, 2.45) is 0 Å². The molecule has 156 valence electrons. The molecule has 0 saturated carbocycles. The molecule has 2 aromatic carbocycles. The molecule has 0 aliphatic rings. The predicted octanol–water partition coefficient (Wildman–Crippen LogP) is 4.54. The topological polar surface area (TPSA) is 86.2 Å². The van der Waals surface area contributed by atoms with E-state index in [9.17, 15) is 4.79 Å². The molecular formula is C24H22N4O3. The molecule has 4 rings (SSSR count). The lowest BCUT2D eigenvalue weighted by molar-refractivity contribution is 0.0945. The molecule has 0 saturated heterocycles. The normalized spacial score (nSPS) is 10.6. The van der Waals surface area contributed by atoms with Crippen molar-refractivity contribution < 1.29 is 14.3 Å². The summed E-state index contributed by atoms with van der Waals surface area (Å²) in [5.74, 6) is 1.54. The zero-order chi connectivity index (χ0) is 21.5. The van der Waals surface area contributed by atoms with Gasteiger partial charge in [0.15, 0.2) is 0 Å². The van der Waals surface area contributed by atoms with Crippen LogP contribution in [0.1, 0.15) is 29.4 Å². The summed E-state index contributed by atoms with van der Waals surface area (Å²) in [5.41, 5.74) is 2.42. The van der Waals surface area contributed by atoms with Crippen LogP contribution < -0.4 is 14.8 Å². The Hall–Kier alpha value is -4.00. The maximum absolute atomic E-state index is 12.6. The van der Waals surface area contributed by atoms with E-state index in [0.29, 0.717) is 23.8 Å². The molecule has 1 amide bonds. The minimum atomic E-state index is -0.314. The lowest BCUT2D eigenvalue weighted by Crippen LogP contribution is -2.24. The minimum Gasteiger partial charge on any atom is -0.494 e. The van der Waals surface area contributed by atoms with Crippen LogP contribution in [0.5, 0.6) is 17.4 Å². The summed E-state index contributed by atoms with van der Waals surface area (Å²) in [6.45, 7) is 2.98. The number of nitrogens with one attached hydrogen (secondary N) is 1. The lowest BCUT2D eigenvalue weighted by Gasteiger charge is -2.11. The lowest BCUT2D eigenvalue weighted by atomic mass is 10.2. The Balaban J connectivity index is 1.42.